The van der Waals surface area contributed by atoms with Crippen molar-refractivity contribution in [3.8, 4) is 11.5 Å². The summed E-state index contributed by atoms with van der Waals surface area (Å²) in [6.07, 6.45) is 2.12. The standard InChI is InChI=1S/C34H32ClN3O5S/c1-4-31(34(41)37-25-13-8-12-24(35)19-25)44-28-15-9-14-26(20-28)36-33(40)29(38-32(39)22-10-6-5-7-11-22)18-23-16-17-27(42-2)21-30(23)43-3/h5-21,31H,4H2,1-3H3,(H,36,40)(H,37,41)(H,38,39)/b29-18+. The third-order valence-corrected chi connectivity index (χ3v) is 7.99. The fourth-order valence-corrected chi connectivity index (χ4v) is 5.36. The molecule has 0 aliphatic rings. The van der Waals surface area contributed by atoms with Crippen molar-refractivity contribution in [2.75, 3.05) is 24.9 Å². The number of methoxy groups -OCH3 is 2. The van der Waals surface area contributed by atoms with E-state index in [4.69, 9.17) is 21.1 Å². The molecule has 8 nitrogen and oxygen atoms in total. The van der Waals surface area contributed by atoms with Gasteiger partial charge < -0.3 is 25.4 Å². The molecule has 0 bridgehead atoms. The minimum Gasteiger partial charge on any atom is -0.497 e. The van der Waals surface area contributed by atoms with Gasteiger partial charge in [-0.15, -0.1) is 11.8 Å². The minimum atomic E-state index is -0.542. The maximum absolute atomic E-state index is 13.6. The van der Waals surface area contributed by atoms with E-state index in [0.29, 0.717) is 45.4 Å². The van der Waals surface area contributed by atoms with Gasteiger partial charge in [-0.3, -0.25) is 14.4 Å². The number of amides is 3. The fourth-order valence-electron chi connectivity index (χ4n) is 4.16. The molecule has 226 valence electrons. The second-order valence-corrected chi connectivity index (χ2v) is 11.2. The van der Waals surface area contributed by atoms with Crippen molar-refractivity contribution in [2.24, 2.45) is 0 Å². The highest BCUT2D eigenvalue weighted by Gasteiger charge is 2.20. The van der Waals surface area contributed by atoms with Gasteiger partial charge in [0.2, 0.25) is 5.91 Å². The summed E-state index contributed by atoms with van der Waals surface area (Å²) in [6, 6.07) is 27.9. The molecule has 0 heterocycles. The zero-order chi connectivity index (χ0) is 31.5. The largest absolute Gasteiger partial charge is 0.497 e. The average Bonchev–Trinajstić information content (AvgIpc) is 3.03. The topological polar surface area (TPSA) is 106 Å². The number of thioether (sulfide) groups is 1. The van der Waals surface area contributed by atoms with E-state index in [1.54, 1.807) is 104 Å². The van der Waals surface area contributed by atoms with Crippen molar-refractivity contribution in [2.45, 2.75) is 23.5 Å². The number of hydrogen-bond donors (Lipinski definition) is 3. The van der Waals surface area contributed by atoms with Crippen molar-refractivity contribution in [1.29, 1.82) is 0 Å². The molecule has 1 atom stereocenters. The first-order valence-electron chi connectivity index (χ1n) is 13.7. The quantitative estimate of drug-likeness (QED) is 0.112. The molecule has 0 fully saturated rings. The highest BCUT2D eigenvalue weighted by molar-refractivity contribution is 8.00. The van der Waals surface area contributed by atoms with E-state index in [2.05, 4.69) is 16.0 Å². The lowest BCUT2D eigenvalue weighted by atomic mass is 10.1. The lowest BCUT2D eigenvalue weighted by Crippen LogP contribution is -2.30. The van der Waals surface area contributed by atoms with Crippen LogP contribution >= 0.6 is 23.4 Å². The number of ether oxygens (including phenoxy) is 2. The molecule has 1 unspecified atom stereocenters. The van der Waals surface area contributed by atoms with Gasteiger partial charge in [0.25, 0.3) is 11.8 Å². The van der Waals surface area contributed by atoms with Gasteiger partial charge in [-0.2, -0.15) is 0 Å². The van der Waals surface area contributed by atoms with E-state index in [9.17, 15) is 14.4 Å². The molecule has 0 radical (unpaired) electrons. The van der Waals surface area contributed by atoms with Gasteiger partial charge in [0.1, 0.15) is 17.2 Å². The first kappa shape index (κ1) is 32.2. The van der Waals surface area contributed by atoms with Crippen LogP contribution in [-0.4, -0.2) is 37.2 Å². The third-order valence-electron chi connectivity index (χ3n) is 6.39. The van der Waals surface area contributed by atoms with Crippen LogP contribution in [0.25, 0.3) is 6.08 Å². The van der Waals surface area contributed by atoms with Crippen LogP contribution < -0.4 is 25.4 Å². The molecule has 10 heteroatoms. The van der Waals surface area contributed by atoms with Gasteiger partial charge in [0, 0.05) is 38.5 Å². The van der Waals surface area contributed by atoms with E-state index in [0.717, 1.165) is 4.90 Å². The molecular formula is C34H32ClN3O5S. The normalized spacial score (nSPS) is 11.7. The predicted octanol–water partition coefficient (Wildman–Crippen LogP) is 7.28. The first-order chi connectivity index (χ1) is 21.3. The lowest BCUT2D eigenvalue weighted by molar-refractivity contribution is -0.116. The molecule has 4 aromatic carbocycles. The van der Waals surface area contributed by atoms with E-state index in [1.165, 1.54) is 18.9 Å². The van der Waals surface area contributed by atoms with E-state index in [-0.39, 0.29) is 16.9 Å². The summed E-state index contributed by atoms with van der Waals surface area (Å²) in [5, 5.41) is 8.66. The van der Waals surface area contributed by atoms with Crippen LogP contribution in [-0.2, 0) is 9.59 Å². The Labute approximate surface area is 265 Å². The van der Waals surface area contributed by atoms with Crippen LogP contribution in [0.1, 0.15) is 29.3 Å². The Morgan fingerprint density at radius 2 is 1.57 bits per heavy atom. The average molecular weight is 630 g/mol. The summed E-state index contributed by atoms with van der Waals surface area (Å²) in [6.45, 7) is 1.93. The number of carbonyl (C=O) groups is 3. The van der Waals surface area contributed by atoms with Crippen molar-refractivity contribution in [3.05, 3.63) is 119 Å². The molecule has 0 saturated heterocycles. The Morgan fingerprint density at radius 1 is 0.841 bits per heavy atom. The number of benzene rings is 4. The Kier molecular flexibility index (Phi) is 11.5. The molecule has 0 saturated carbocycles. The Morgan fingerprint density at radius 3 is 2.25 bits per heavy atom. The van der Waals surface area contributed by atoms with Crippen molar-refractivity contribution in [3.63, 3.8) is 0 Å². The molecule has 4 rings (SSSR count). The van der Waals surface area contributed by atoms with Crippen LogP contribution in [0.2, 0.25) is 5.02 Å². The molecule has 44 heavy (non-hydrogen) atoms. The summed E-state index contributed by atoms with van der Waals surface area (Å²) in [7, 11) is 3.06. The minimum absolute atomic E-state index is 0.00714. The van der Waals surface area contributed by atoms with Crippen molar-refractivity contribution >= 4 is 58.5 Å². The second-order valence-electron chi connectivity index (χ2n) is 9.48. The highest BCUT2D eigenvalue weighted by Crippen LogP contribution is 2.30. The molecular weight excluding hydrogens is 598 g/mol. The Hall–Kier alpha value is -4.73. The van der Waals surface area contributed by atoms with Gasteiger partial charge >= 0.3 is 0 Å². The molecule has 0 aliphatic heterocycles. The smallest absolute Gasteiger partial charge is 0.272 e. The van der Waals surface area contributed by atoms with Gasteiger partial charge in [-0.05, 0) is 73.2 Å². The number of hydrogen-bond acceptors (Lipinski definition) is 6. The maximum Gasteiger partial charge on any atom is 0.272 e. The first-order valence-corrected chi connectivity index (χ1v) is 15.0. The van der Waals surface area contributed by atoms with Crippen molar-refractivity contribution in [1.82, 2.24) is 5.32 Å². The van der Waals surface area contributed by atoms with Crippen LogP contribution in [0.15, 0.2) is 108 Å². The van der Waals surface area contributed by atoms with Gasteiger partial charge in [0.15, 0.2) is 0 Å². The summed E-state index contributed by atoms with van der Waals surface area (Å²) in [4.78, 5) is 40.4. The molecule has 3 N–H and O–H groups in total. The van der Waals surface area contributed by atoms with Crippen LogP contribution in [0, 0.1) is 0 Å². The highest BCUT2D eigenvalue weighted by atomic mass is 35.5. The van der Waals surface area contributed by atoms with Crippen LogP contribution in [0.5, 0.6) is 11.5 Å². The Balaban J connectivity index is 1.55. The van der Waals surface area contributed by atoms with E-state index in [1.807, 2.05) is 13.0 Å². The Bertz CT molecular complexity index is 1660. The third kappa shape index (κ3) is 8.89. The monoisotopic (exact) mass is 629 g/mol. The van der Waals surface area contributed by atoms with Gasteiger partial charge in [-0.25, -0.2) is 0 Å². The number of rotatable bonds is 12. The number of carbonyl (C=O) groups excluding carboxylic acids is 3. The lowest BCUT2D eigenvalue weighted by Gasteiger charge is -2.16. The van der Waals surface area contributed by atoms with Crippen LogP contribution in [0.3, 0.4) is 0 Å². The zero-order valence-electron chi connectivity index (χ0n) is 24.4. The zero-order valence-corrected chi connectivity index (χ0v) is 26.0. The molecule has 0 aliphatic carbocycles. The maximum atomic E-state index is 13.6. The molecule has 4 aromatic rings. The molecule has 0 spiro atoms. The van der Waals surface area contributed by atoms with Gasteiger partial charge in [-0.1, -0.05) is 48.9 Å². The van der Waals surface area contributed by atoms with Crippen LogP contribution in [0.4, 0.5) is 11.4 Å². The summed E-state index contributed by atoms with van der Waals surface area (Å²) in [5.74, 6) is -0.0974. The second kappa shape index (κ2) is 15.7. The number of halogens is 1. The molecule has 3 amide bonds. The number of nitrogens with one attached hydrogen (secondary N) is 3. The SMILES string of the molecule is CCC(Sc1cccc(NC(=O)/C(=C\c2ccc(OC)cc2OC)NC(=O)c2ccccc2)c1)C(=O)Nc1cccc(Cl)c1. The molecule has 0 aromatic heterocycles. The van der Waals surface area contributed by atoms with Crippen molar-refractivity contribution < 1.29 is 23.9 Å². The fraction of sp³-hybridized carbons (Fsp3) is 0.147. The van der Waals surface area contributed by atoms with E-state index < -0.39 is 11.8 Å². The predicted molar refractivity (Wildman–Crippen MR) is 177 cm³/mol. The summed E-state index contributed by atoms with van der Waals surface area (Å²) in [5.41, 5.74) is 2.08. The van der Waals surface area contributed by atoms with Gasteiger partial charge in [0.05, 0.1) is 19.5 Å². The van der Waals surface area contributed by atoms with E-state index >= 15 is 0 Å². The number of anilines is 2. The summed E-state index contributed by atoms with van der Waals surface area (Å²) >= 11 is 7.43. The summed E-state index contributed by atoms with van der Waals surface area (Å²) < 4.78 is 10.8.